The third-order valence-corrected chi connectivity index (χ3v) is 3.93. The molecule has 0 aromatic heterocycles. The minimum atomic E-state index is -0.694. The van der Waals surface area contributed by atoms with Crippen molar-refractivity contribution in [1.82, 2.24) is 5.01 Å². The van der Waals surface area contributed by atoms with Crippen LogP contribution in [0.3, 0.4) is 0 Å². The van der Waals surface area contributed by atoms with Crippen LogP contribution in [0.4, 0.5) is 10.5 Å². The van der Waals surface area contributed by atoms with Gasteiger partial charge in [-0.15, -0.1) is 0 Å². The van der Waals surface area contributed by atoms with Gasteiger partial charge in [-0.3, -0.25) is 5.01 Å². The lowest BCUT2D eigenvalue weighted by atomic mass is 9.98. The number of ether oxygens (including phenoxy) is 1. The number of rotatable bonds is 4. The van der Waals surface area contributed by atoms with Gasteiger partial charge in [0.25, 0.3) is 0 Å². The summed E-state index contributed by atoms with van der Waals surface area (Å²) >= 11 is 0. The van der Waals surface area contributed by atoms with E-state index in [-0.39, 0.29) is 0 Å². The number of hydrazine groups is 1. The number of nitrogens with zero attached hydrogens (tertiary/aromatic N) is 2. The molecule has 0 unspecified atom stereocenters. The molecule has 0 saturated heterocycles. The largest absolute Gasteiger partial charge is 0.437 e. The van der Waals surface area contributed by atoms with Crippen molar-refractivity contribution in [3.05, 3.63) is 65.7 Å². The topological polar surface area (TPSA) is 32.8 Å². The van der Waals surface area contributed by atoms with E-state index >= 15 is 0 Å². The first-order valence-electron chi connectivity index (χ1n) is 7.64. The summed E-state index contributed by atoms with van der Waals surface area (Å²) < 4.78 is 5.70. The van der Waals surface area contributed by atoms with Gasteiger partial charge in [-0.05, 0) is 38.5 Å². The number of hydrogen-bond donors (Lipinski definition) is 0. The normalized spacial score (nSPS) is 11.0. The van der Waals surface area contributed by atoms with Crippen molar-refractivity contribution in [1.29, 1.82) is 0 Å². The van der Waals surface area contributed by atoms with Crippen molar-refractivity contribution >= 4 is 11.8 Å². The first-order valence-corrected chi connectivity index (χ1v) is 7.64. The molecular weight excluding hydrogens is 288 g/mol. The van der Waals surface area contributed by atoms with Crippen LogP contribution >= 0.6 is 0 Å². The van der Waals surface area contributed by atoms with Gasteiger partial charge >= 0.3 is 6.09 Å². The second kappa shape index (κ2) is 6.73. The van der Waals surface area contributed by atoms with Crippen LogP contribution in [-0.4, -0.2) is 25.2 Å². The maximum absolute atomic E-state index is 12.5. The third-order valence-electron chi connectivity index (χ3n) is 3.93. The predicted molar refractivity (Wildman–Crippen MR) is 93.3 cm³/mol. The Balaban J connectivity index is 2.09. The SMILES string of the molecule is Cc1ccc(N(C)N(C)C(=O)OC(C)(C)c2ccccc2)cc1. The molecule has 2 aromatic rings. The maximum Gasteiger partial charge on any atom is 0.429 e. The Hall–Kier alpha value is -2.49. The van der Waals surface area contributed by atoms with Crippen LogP contribution in [0.1, 0.15) is 25.0 Å². The third kappa shape index (κ3) is 4.03. The van der Waals surface area contributed by atoms with Crippen LogP contribution in [0.5, 0.6) is 0 Å². The Labute approximate surface area is 138 Å². The first-order chi connectivity index (χ1) is 10.8. The smallest absolute Gasteiger partial charge is 0.429 e. The number of hydrogen-bond acceptors (Lipinski definition) is 3. The van der Waals surface area contributed by atoms with E-state index in [2.05, 4.69) is 0 Å². The molecule has 4 nitrogen and oxygen atoms in total. The summed E-state index contributed by atoms with van der Waals surface area (Å²) in [6.07, 6.45) is -0.401. The van der Waals surface area contributed by atoms with Crippen molar-refractivity contribution in [2.45, 2.75) is 26.4 Å². The van der Waals surface area contributed by atoms with Crippen molar-refractivity contribution in [2.75, 3.05) is 19.1 Å². The first kappa shape index (κ1) is 16.9. The summed E-state index contributed by atoms with van der Waals surface area (Å²) in [6.45, 7) is 5.81. The minimum absolute atomic E-state index is 0.401. The van der Waals surface area contributed by atoms with E-state index in [4.69, 9.17) is 4.74 Å². The molecule has 2 aromatic carbocycles. The van der Waals surface area contributed by atoms with E-state index < -0.39 is 11.7 Å². The number of anilines is 1. The zero-order chi connectivity index (χ0) is 17.0. The fraction of sp³-hybridized carbons (Fsp3) is 0.316. The summed E-state index contributed by atoms with van der Waals surface area (Å²) in [5.41, 5.74) is 2.37. The Kier molecular flexibility index (Phi) is 4.94. The Morgan fingerprint density at radius 2 is 1.52 bits per heavy atom. The fourth-order valence-electron chi connectivity index (χ4n) is 2.24. The van der Waals surface area contributed by atoms with Crippen molar-refractivity contribution in [3.63, 3.8) is 0 Å². The maximum atomic E-state index is 12.5. The van der Waals surface area contributed by atoms with E-state index in [1.807, 2.05) is 82.4 Å². The number of amides is 1. The van der Waals surface area contributed by atoms with Gasteiger partial charge in [0, 0.05) is 14.1 Å². The zero-order valence-electron chi connectivity index (χ0n) is 14.4. The van der Waals surface area contributed by atoms with E-state index in [9.17, 15) is 4.79 Å². The van der Waals surface area contributed by atoms with Gasteiger partial charge in [-0.1, -0.05) is 48.0 Å². The molecule has 0 aliphatic rings. The lowest BCUT2D eigenvalue weighted by Crippen LogP contribution is -2.44. The second-order valence-corrected chi connectivity index (χ2v) is 6.13. The molecule has 122 valence electrons. The summed E-state index contributed by atoms with van der Waals surface area (Å²) in [6, 6.07) is 17.7. The van der Waals surface area contributed by atoms with Crippen LogP contribution in [0.25, 0.3) is 0 Å². The number of aryl methyl sites for hydroxylation is 1. The molecule has 1 amide bonds. The molecule has 23 heavy (non-hydrogen) atoms. The average molecular weight is 312 g/mol. The molecule has 0 atom stereocenters. The monoisotopic (exact) mass is 312 g/mol. The van der Waals surface area contributed by atoms with E-state index in [1.54, 1.807) is 12.1 Å². The van der Waals surface area contributed by atoms with Crippen LogP contribution in [0.2, 0.25) is 0 Å². The average Bonchev–Trinajstić information content (AvgIpc) is 2.54. The summed E-state index contributed by atoms with van der Waals surface area (Å²) in [5, 5.41) is 3.23. The highest BCUT2D eigenvalue weighted by atomic mass is 16.6. The molecule has 0 N–H and O–H groups in total. The zero-order valence-corrected chi connectivity index (χ0v) is 14.4. The van der Waals surface area contributed by atoms with Crippen molar-refractivity contribution in [3.8, 4) is 0 Å². The molecule has 0 bridgehead atoms. The lowest BCUT2D eigenvalue weighted by Gasteiger charge is -2.33. The van der Waals surface area contributed by atoms with Crippen LogP contribution in [0.15, 0.2) is 54.6 Å². The molecule has 4 heteroatoms. The highest BCUT2D eigenvalue weighted by Crippen LogP contribution is 2.26. The van der Waals surface area contributed by atoms with Crippen molar-refractivity contribution in [2.24, 2.45) is 0 Å². The number of benzene rings is 2. The quantitative estimate of drug-likeness (QED) is 0.787. The fourth-order valence-corrected chi connectivity index (χ4v) is 2.24. The number of carbonyl (C=O) groups is 1. The Bertz CT molecular complexity index is 651. The Morgan fingerprint density at radius 3 is 2.09 bits per heavy atom. The van der Waals surface area contributed by atoms with Crippen molar-refractivity contribution < 1.29 is 9.53 Å². The predicted octanol–water partition coefficient (Wildman–Crippen LogP) is 4.35. The molecule has 0 saturated carbocycles. The number of carbonyl (C=O) groups excluding carboxylic acids is 1. The molecule has 0 radical (unpaired) electrons. The summed E-state index contributed by atoms with van der Waals surface area (Å²) in [4.78, 5) is 12.5. The second-order valence-electron chi connectivity index (χ2n) is 6.13. The lowest BCUT2D eigenvalue weighted by molar-refractivity contribution is 0.0142. The molecule has 0 aliphatic carbocycles. The standard InChI is InChI=1S/C19H24N2O2/c1-15-11-13-17(14-12-15)20(4)21(5)18(22)23-19(2,3)16-9-7-6-8-10-16/h6-14H,1-5H3. The Morgan fingerprint density at radius 1 is 0.957 bits per heavy atom. The summed E-state index contributed by atoms with van der Waals surface area (Å²) in [7, 11) is 3.53. The highest BCUT2D eigenvalue weighted by molar-refractivity contribution is 5.70. The highest BCUT2D eigenvalue weighted by Gasteiger charge is 2.28. The molecule has 0 spiro atoms. The van der Waals surface area contributed by atoms with Crippen LogP contribution in [0, 0.1) is 6.92 Å². The van der Waals surface area contributed by atoms with E-state index in [0.29, 0.717) is 0 Å². The summed E-state index contributed by atoms with van der Waals surface area (Å²) in [5.74, 6) is 0. The van der Waals surface area contributed by atoms with Gasteiger partial charge in [-0.25, -0.2) is 9.80 Å². The van der Waals surface area contributed by atoms with Gasteiger partial charge in [0.05, 0.1) is 5.69 Å². The van der Waals surface area contributed by atoms with Gasteiger partial charge in [0.15, 0.2) is 0 Å². The molecular formula is C19H24N2O2. The van der Waals surface area contributed by atoms with Gasteiger partial charge in [0.2, 0.25) is 0 Å². The van der Waals surface area contributed by atoms with Gasteiger partial charge in [-0.2, -0.15) is 0 Å². The molecule has 0 aliphatic heterocycles. The molecule has 2 rings (SSSR count). The van der Waals surface area contributed by atoms with E-state index in [1.165, 1.54) is 10.6 Å². The van der Waals surface area contributed by atoms with E-state index in [0.717, 1.165) is 11.3 Å². The molecule has 0 heterocycles. The van der Waals surface area contributed by atoms with Gasteiger partial charge < -0.3 is 4.74 Å². The molecule has 0 fully saturated rings. The van der Waals surface area contributed by atoms with Crippen LogP contribution < -0.4 is 5.01 Å². The minimum Gasteiger partial charge on any atom is -0.437 e. The van der Waals surface area contributed by atoms with Gasteiger partial charge in [0.1, 0.15) is 5.60 Å². The van der Waals surface area contributed by atoms with Crippen LogP contribution in [-0.2, 0) is 10.3 Å².